The van der Waals surface area contributed by atoms with Crippen molar-refractivity contribution in [3.63, 3.8) is 0 Å². The maximum absolute atomic E-state index is 14.0. The van der Waals surface area contributed by atoms with Crippen molar-refractivity contribution in [1.29, 1.82) is 0 Å². The molecule has 2 bridgehead atoms. The van der Waals surface area contributed by atoms with Gasteiger partial charge in [0.15, 0.2) is 17.7 Å². The summed E-state index contributed by atoms with van der Waals surface area (Å²) in [7, 11) is 0. The van der Waals surface area contributed by atoms with Crippen molar-refractivity contribution in [1.82, 2.24) is 0 Å². The second kappa shape index (κ2) is 11.7. The molecule has 0 N–H and O–H groups in total. The van der Waals surface area contributed by atoms with E-state index in [-0.39, 0.29) is 30.1 Å². The molecule has 206 valence electrons. The third kappa shape index (κ3) is 6.53. The van der Waals surface area contributed by atoms with E-state index in [1.807, 2.05) is 0 Å². The van der Waals surface area contributed by atoms with Gasteiger partial charge in [0.25, 0.3) is 0 Å². The normalized spacial score (nSPS) is 21.9. The van der Waals surface area contributed by atoms with Crippen molar-refractivity contribution in [2.24, 2.45) is 5.92 Å². The number of anilines is 1. The number of carbonyl (C=O) groups excluding carboxylic acids is 1. The standard InChI is InChI=1S/C30H31F4N2O3/c31-23-7-5-21(6-8-23)19-35(25-4-1-3-24(32)17-25)30(37)39-29-20-36(14-11-22(29)12-15-36)13-2-16-38-26-9-10-27(33)28(34)18-26/h1,3-10,17-18,22,29H,2,11-16,19-20H2/q+1. The molecule has 1 amide bonds. The third-order valence-electron chi connectivity index (χ3n) is 7.82. The minimum absolute atomic E-state index is 0.112. The van der Waals surface area contributed by atoms with E-state index in [1.54, 1.807) is 18.2 Å². The number of piperidine rings is 3. The molecule has 6 rings (SSSR count). The molecule has 3 aromatic carbocycles. The largest absolute Gasteiger partial charge is 0.493 e. The fourth-order valence-electron chi connectivity index (χ4n) is 5.70. The number of halogens is 4. The van der Waals surface area contributed by atoms with Crippen molar-refractivity contribution in [2.45, 2.75) is 31.9 Å². The van der Waals surface area contributed by atoms with E-state index < -0.39 is 23.5 Å². The van der Waals surface area contributed by atoms with Crippen LogP contribution in [0.4, 0.5) is 28.0 Å². The molecule has 0 saturated carbocycles. The highest BCUT2D eigenvalue weighted by Crippen LogP contribution is 2.36. The van der Waals surface area contributed by atoms with Crippen LogP contribution in [0.5, 0.6) is 5.75 Å². The lowest BCUT2D eigenvalue weighted by Crippen LogP contribution is -2.65. The Morgan fingerprint density at radius 1 is 0.897 bits per heavy atom. The van der Waals surface area contributed by atoms with E-state index in [0.717, 1.165) is 49.1 Å². The number of hydrogen-bond acceptors (Lipinski definition) is 3. The molecule has 3 saturated heterocycles. The first kappa shape index (κ1) is 27.0. The molecule has 0 aromatic heterocycles. The number of carbonyl (C=O) groups is 1. The van der Waals surface area contributed by atoms with Crippen LogP contribution in [0.25, 0.3) is 0 Å². The van der Waals surface area contributed by atoms with Crippen LogP contribution in [0.3, 0.4) is 0 Å². The first-order valence-electron chi connectivity index (χ1n) is 13.2. The molecule has 3 aliphatic rings. The Bertz CT molecular complexity index is 1300. The number of amides is 1. The number of quaternary nitrogens is 1. The van der Waals surface area contributed by atoms with E-state index in [2.05, 4.69) is 0 Å². The summed E-state index contributed by atoms with van der Waals surface area (Å²) < 4.78 is 66.5. The van der Waals surface area contributed by atoms with Gasteiger partial charge in [-0.3, -0.25) is 4.90 Å². The molecule has 3 heterocycles. The zero-order valence-electron chi connectivity index (χ0n) is 21.5. The highest BCUT2D eigenvalue weighted by atomic mass is 19.2. The molecule has 3 fully saturated rings. The molecule has 0 radical (unpaired) electrons. The smallest absolute Gasteiger partial charge is 0.415 e. The van der Waals surface area contributed by atoms with E-state index in [9.17, 15) is 22.4 Å². The summed E-state index contributed by atoms with van der Waals surface area (Å²) in [6.07, 6.45) is 1.73. The van der Waals surface area contributed by atoms with Crippen LogP contribution < -0.4 is 9.64 Å². The number of ether oxygens (including phenoxy) is 2. The van der Waals surface area contributed by atoms with Crippen LogP contribution in [0.1, 0.15) is 24.8 Å². The van der Waals surface area contributed by atoms with Gasteiger partial charge in [0, 0.05) is 31.2 Å². The Hall–Kier alpha value is -3.59. The second-order valence-corrected chi connectivity index (χ2v) is 10.4. The molecular formula is C30H31F4N2O3+. The topological polar surface area (TPSA) is 38.8 Å². The second-order valence-electron chi connectivity index (χ2n) is 10.4. The molecule has 39 heavy (non-hydrogen) atoms. The van der Waals surface area contributed by atoms with Crippen LogP contribution in [0.15, 0.2) is 66.7 Å². The summed E-state index contributed by atoms with van der Waals surface area (Å²) in [6.45, 7) is 3.92. The van der Waals surface area contributed by atoms with E-state index >= 15 is 0 Å². The predicted octanol–water partition coefficient (Wildman–Crippen LogP) is 6.46. The lowest BCUT2D eigenvalue weighted by atomic mass is 9.83. The van der Waals surface area contributed by atoms with E-state index in [0.29, 0.717) is 30.8 Å². The Kier molecular flexibility index (Phi) is 8.07. The zero-order valence-corrected chi connectivity index (χ0v) is 21.5. The van der Waals surface area contributed by atoms with Gasteiger partial charge in [-0.25, -0.2) is 22.4 Å². The molecule has 9 heteroatoms. The maximum Gasteiger partial charge on any atom is 0.415 e. The molecule has 0 aliphatic carbocycles. The third-order valence-corrected chi connectivity index (χ3v) is 7.82. The lowest BCUT2D eigenvalue weighted by Gasteiger charge is -2.52. The van der Waals surface area contributed by atoms with Gasteiger partial charge in [-0.05, 0) is 48.0 Å². The molecule has 1 atom stereocenters. The summed E-state index contributed by atoms with van der Waals surface area (Å²) in [6, 6.07) is 15.1. The average Bonchev–Trinajstić information content (AvgIpc) is 2.93. The van der Waals surface area contributed by atoms with Gasteiger partial charge in [-0.1, -0.05) is 18.2 Å². The van der Waals surface area contributed by atoms with Crippen molar-refractivity contribution in [2.75, 3.05) is 37.7 Å². The summed E-state index contributed by atoms with van der Waals surface area (Å²) in [5.41, 5.74) is 1.06. The van der Waals surface area contributed by atoms with Gasteiger partial charge in [0.2, 0.25) is 0 Å². The van der Waals surface area contributed by atoms with Crippen LogP contribution in [0.2, 0.25) is 0 Å². The van der Waals surface area contributed by atoms with Gasteiger partial charge in [-0.2, -0.15) is 0 Å². The Morgan fingerprint density at radius 2 is 1.67 bits per heavy atom. The number of rotatable bonds is 9. The van der Waals surface area contributed by atoms with Gasteiger partial charge in [-0.15, -0.1) is 0 Å². The van der Waals surface area contributed by atoms with Crippen molar-refractivity contribution in [3.8, 4) is 5.75 Å². The summed E-state index contributed by atoms with van der Waals surface area (Å²) in [5, 5.41) is 0. The zero-order chi connectivity index (χ0) is 27.4. The van der Waals surface area contributed by atoms with Crippen LogP contribution in [0, 0.1) is 29.2 Å². The van der Waals surface area contributed by atoms with Gasteiger partial charge in [0.05, 0.1) is 38.5 Å². The first-order chi connectivity index (χ1) is 18.8. The quantitative estimate of drug-likeness (QED) is 0.177. The van der Waals surface area contributed by atoms with Gasteiger partial charge < -0.3 is 14.0 Å². The monoisotopic (exact) mass is 543 g/mol. The summed E-state index contributed by atoms with van der Waals surface area (Å²) >= 11 is 0. The molecule has 1 unspecified atom stereocenters. The van der Waals surface area contributed by atoms with E-state index in [1.165, 1.54) is 41.3 Å². The Labute approximate surface area is 225 Å². The summed E-state index contributed by atoms with van der Waals surface area (Å²) in [5.74, 6) is -2.16. The van der Waals surface area contributed by atoms with Gasteiger partial charge in [0.1, 0.15) is 23.9 Å². The summed E-state index contributed by atoms with van der Waals surface area (Å²) in [4.78, 5) is 14.8. The van der Waals surface area contributed by atoms with Crippen LogP contribution in [-0.2, 0) is 11.3 Å². The van der Waals surface area contributed by atoms with E-state index in [4.69, 9.17) is 9.47 Å². The Balaban J connectivity index is 1.22. The number of hydrogen-bond donors (Lipinski definition) is 0. The SMILES string of the molecule is O=C(OC1C[N+]2(CCCOc3ccc(F)c(F)c3)CCC1CC2)N(Cc1ccc(F)cc1)c1cccc(F)c1. The number of nitrogens with zero attached hydrogens (tertiary/aromatic N) is 2. The molecule has 3 aromatic rings. The molecular weight excluding hydrogens is 512 g/mol. The van der Waals surface area contributed by atoms with Crippen molar-refractivity contribution in [3.05, 3.63) is 95.6 Å². The lowest BCUT2D eigenvalue weighted by molar-refractivity contribution is -0.946. The van der Waals surface area contributed by atoms with Crippen molar-refractivity contribution < 1.29 is 36.3 Å². The van der Waals surface area contributed by atoms with Crippen molar-refractivity contribution >= 4 is 11.8 Å². The fraction of sp³-hybridized carbons (Fsp3) is 0.367. The minimum atomic E-state index is -0.941. The maximum atomic E-state index is 14.0. The number of benzene rings is 3. The predicted molar refractivity (Wildman–Crippen MR) is 138 cm³/mol. The highest BCUT2D eigenvalue weighted by molar-refractivity contribution is 5.87. The number of fused-ring (bicyclic) bond motifs is 3. The Morgan fingerprint density at radius 3 is 2.38 bits per heavy atom. The average molecular weight is 544 g/mol. The fourth-order valence-corrected chi connectivity index (χ4v) is 5.70. The van der Waals surface area contributed by atoms with Crippen LogP contribution in [-0.4, -0.2) is 49.5 Å². The van der Waals surface area contributed by atoms with Crippen LogP contribution >= 0.6 is 0 Å². The molecule has 3 aliphatic heterocycles. The highest BCUT2D eigenvalue weighted by Gasteiger charge is 2.47. The minimum Gasteiger partial charge on any atom is -0.493 e. The van der Waals surface area contributed by atoms with Gasteiger partial charge >= 0.3 is 6.09 Å². The first-order valence-corrected chi connectivity index (χ1v) is 13.2. The molecule has 0 spiro atoms. The molecule has 5 nitrogen and oxygen atoms in total.